The number of anilines is 1. The van der Waals surface area contributed by atoms with Crippen molar-refractivity contribution in [2.45, 2.75) is 31.5 Å². The highest BCUT2D eigenvalue weighted by Crippen LogP contribution is 2.32. The van der Waals surface area contributed by atoms with Gasteiger partial charge in [0.05, 0.1) is 31.3 Å². The Bertz CT molecular complexity index is 1050. The number of esters is 1. The molecule has 1 fully saturated rings. The summed E-state index contributed by atoms with van der Waals surface area (Å²) < 4.78 is 13.1. The van der Waals surface area contributed by atoms with Gasteiger partial charge in [-0.1, -0.05) is 0 Å². The van der Waals surface area contributed by atoms with E-state index >= 15 is 0 Å². The number of hydrogen-bond acceptors (Lipinski definition) is 11. The highest BCUT2D eigenvalue weighted by molar-refractivity contribution is 5.89. The third-order valence-electron chi connectivity index (χ3n) is 4.53. The largest absolute Gasteiger partial charge is 0.462 e. The van der Waals surface area contributed by atoms with Crippen molar-refractivity contribution in [2.24, 2.45) is 0 Å². The van der Waals surface area contributed by atoms with Crippen LogP contribution >= 0.6 is 0 Å². The zero-order valence-corrected chi connectivity index (χ0v) is 15.3. The lowest BCUT2D eigenvalue weighted by Gasteiger charge is -2.16. The van der Waals surface area contributed by atoms with Crippen LogP contribution in [0.4, 0.5) is 5.82 Å². The van der Waals surface area contributed by atoms with Gasteiger partial charge in [-0.05, 0) is 6.92 Å². The quantitative estimate of drug-likeness (QED) is 0.358. The van der Waals surface area contributed by atoms with Crippen LogP contribution < -0.4 is 5.73 Å². The zero-order valence-electron chi connectivity index (χ0n) is 15.3. The van der Waals surface area contributed by atoms with Crippen molar-refractivity contribution in [3.05, 3.63) is 24.3 Å². The monoisotopic (exact) mass is 405 g/mol. The first-order valence-corrected chi connectivity index (χ1v) is 8.79. The maximum atomic E-state index is 11.8. The highest BCUT2D eigenvalue weighted by atomic mass is 16.6. The molecule has 1 unspecified atom stereocenters. The van der Waals surface area contributed by atoms with Crippen molar-refractivity contribution >= 4 is 23.0 Å². The first-order valence-electron chi connectivity index (χ1n) is 8.79. The van der Waals surface area contributed by atoms with Gasteiger partial charge in [0.2, 0.25) is 0 Å². The average Bonchev–Trinajstić information content (AvgIpc) is 3.41. The fourth-order valence-electron chi connectivity index (χ4n) is 3.08. The molecule has 13 heteroatoms. The molecule has 0 aromatic carbocycles. The molecule has 0 bridgehead atoms. The van der Waals surface area contributed by atoms with E-state index in [1.165, 1.54) is 28.0 Å². The Labute approximate surface area is 163 Å². The van der Waals surface area contributed by atoms with E-state index in [1.54, 1.807) is 6.92 Å². The van der Waals surface area contributed by atoms with E-state index < -0.39 is 37.1 Å². The average molecular weight is 405 g/mol. The van der Waals surface area contributed by atoms with Crippen LogP contribution in [0.2, 0.25) is 0 Å². The van der Waals surface area contributed by atoms with Gasteiger partial charge in [-0.25, -0.2) is 14.5 Å². The van der Waals surface area contributed by atoms with E-state index in [0.29, 0.717) is 0 Å². The first-order chi connectivity index (χ1) is 13.9. The summed E-state index contributed by atoms with van der Waals surface area (Å²) in [6.45, 7) is 1.45. The van der Waals surface area contributed by atoms with Crippen molar-refractivity contribution in [1.29, 1.82) is 0 Å². The van der Waals surface area contributed by atoms with Gasteiger partial charge in [-0.2, -0.15) is 15.1 Å². The molecule has 4 heterocycles. The molecular weight excluding hydrogens is 386 g/mol. The van der Waals surface area contributed by atoms with E-state index in [0.717, 1.165) is 0 Å². The number of nitrogens with two attached hydrogens (primary N) is 1. The molecule has 13 nitrogen and oxygen atoms in total. The summed E-state index contributed by atoms with van der Waals surface area (Å²) in [5.74, 6) is -0.438. The van der Waals surface area contributed by atoms with Gasteiger partial charge in [0.1, 0.15) is 23.8 Å². The number of rotatable bonds is 5. The Morgan fingerprint density at radius 1 is 1.34 bits per heavy atom. The van der Waals surface area contributed by atoms with Gasteiger partial charge in [0, 0.05) is 6.20 Å². The highest BCUT2D eigenvalue weighted by Gasteiger charge is 2.44. The smallest absolute Gasteiger partial charge is 0.341 e. The molecule has 3 aromatic rings. The molecule has 0 aliphatic carbocycles. The number of aromatic nitrogens is 6. The normalized spacial score (nSPS) is 24.3. The van der Waals surface area contributed by atoms with Crippen LogP contribution in [0.5, 0.6) is 0 Å². The molecule has 1 aliphatic heterocycles. The summed E-state index contributed by atoms with van der Waals surface area (Å²) in [5, 5.41) is 33.6. The first kappa shape index (κ1) is 19.2. The predicted octanol–water partition coefficient (Wildman–Crippen LogP) is -1.62. The summed E-state index contributed by atoms with van der Waals surface area (Å²) in [6.07, 6.45) is -0.542. The van der Waals surface area contributed by atoms with Crippen molar-refractivity contribution in [2.75, 3.05) is 18.9 Å². The second-order valence-electron chi connectivity index (χ2n) is 6.36. The van der Waals surface area contributed by atoms with Gasteiger partial charge in [-0.3, -0.25) is 4.57 Å². The molecule has 4 atom stereocenters. The maximum Gasteiger partial charge on any atom is 0.341 e. The van der Waals surface area contributed by atoms with E-state index in [9.17, 15) is 20.1 Å². The number of nitrogens with zero attached hydrogens (tertiary/aromatic N) is 6. The number of carbonyl (C=O) groups excluding carboxylic acids is 1. The van der Waals surface area contributed by atoms with E-state index in [-0.39, 0.29) is 35.1 Å². The molecule has 0 saturated carbocycles. The minimum Gasteiger partial charge on any atom is -0.462 e. The van der Waals surface area contributed by atoms with Crippen LogP contribution in [0, 0.1) is 0 Å². The lowest BCUT2D eigenvalue weighted by Crippen LogP contribution is -2.33. The third-order valence-corrected chi connectivity index (χ3v) is 4.53. The molecule has 1 saturated heterocycles. The molecule has 1 aliphatic rings. The van der Waals surface area contributed by atoms with Crippen molar-refractivity contribution in [3.63, 3.8) is 0 Å². The third kappa shape index (κ3) is 3.19. The number of ether oxygens (including phenoxy) is 2. The molecule has 0 radical (unpaired) electrons. The summed E-state index contributed by atoms with van der Waals surface area (Å²) in [5.41, 5.74) is 6.67. The number of aliphatic hydroxyl groups excluding tert-OH is 3. The second-order valence-corrected chi connectivity index (χ2v) is 6.36. The molecule has 29 heavy (non-hydrogen) atoms. The van der Waals surface area contributed by atoms with E-state index in [1.807, 2.05) is 0 Å². The minimum atomic E-state index is -1.32. The van der Waals surface area contributed by atoms with Crippen molar-refractivity contribution in [1.82, 2.24) is 29.3 Å². The van der Waals surface area contributed by atoms with Crippen molar-refractivity contribution in [3.8, 4) is 5.95 Å². The molecule has 154 valence electrons. The topological polar surface area (TPSA) is 184 Å². The summed E-state index contributed by atoms with van der Waals surface area (Å²) >= 11 is 0. The zero-order chi connectivity index (χ0) is 20.7. The molecule has 3 aromatic heterocycles. The Morgan fingerprint density at radius 2 is 2.14 bits per heavy atom. The SMILES string of the molecule is CCOC(=O)c1cnn(-c2nc(N)c3ncn(C4O[C@@H](CO)[C@H](O)[C@@H]4O)c3n2)c1. The fourth-order valence-corrected chi connectivity index (χ4v) is 3.08. The van der Waals surface area contributed by atoms with Gasteiger partial charge in [0.15, 0.2) is 17.7 Å². The van der Waals surface area contributed by atoms with E-state index in [4.69, 9.17) is 15.2 Å². The van der Waals surface area contributed by atoms with Crippen LogP contribution in [0.3, 0.4) is 0 Å². The number of imidazole rings is 1. The molecular formula is C16H19N7O6. The summed E-state index contributed by atoms with van der Waals surface area (Å²) in [7, 11) is 0. The number of fused-ring (bicyclic) bond motifs is 1. The standard InChI is InChI=1S/C16H19N7O6/c1-2-28-15(27)7-3-19-23(4-7)16-20-12(17)9-13(21-16)22(6-18-9)14-11(26)10(25)8(5-24)29-14/h3-4,6,8,10-11,14,24-26H,2,5H2,1H3,(H2,17,20,21)/t8-,10-,11-,14?/m0/s1. The van der Waals surface area contributed by atoms with Crippen LogP contribution in [-0.2, 0) is 9.47 Å². The van der Waals surface area contributed by atoms with Crippen molar-refractivity contribution < 1.29 is 29.6 Å². The number of nitrogen functional groups attached to an aromatic ring is 1. The molecule has 5 N–H and O–H groups in total. The molecule has 0 amide bonds. The minimum absolute atomic E-state index is 0.0451. The van der Waals surface area contributed by atoms with Gasteiger partial charge in [-0.15, -0.1) is 0 Å². The van der Waals surface area contributed by atoms with Gasteiger partial charge >= 0.3 is 5.97 Å². The van der Waals surface area contributed by atoms with Gasteiger partial charge < -0.3 is 30.5 Å². The van der Waals surface area contributed by atoms with Gasteiger partial charge in [0.25, 0.3) is 5.95 Å². The molecule has 4 rings (SSSR count). The second kappa shape index (κ2) is 7.36. The van der Waals surface area contributed by atoms with Crippen LogP contribution in [0.15, 0.2) is 18.7 Å². The summed E-state index contributed by atoms with van der Waals surface area (Å²) in [6, 6.07) is 0. The summed E-state index contributed by atoms with van der Waals surface area (Å²) in [4.78, 5) is 24.5. The molecule has 0 spiro atoms. The Balaban J connectivity index is 1.74. The Kier molecular flexibility index (Phi) is 4.87. The predicted molar refractivity (Wildman–Crippen MR) is 95.8 cm³/mol. The van der Waals surface area contributed by atoms with Crippen LogP contribution in [0.1, 0.15) is 23.5 Å². The van der Waals surface area contributed by atoms with Crippen LogP contribution in [0.25, 0.3) is 17.1 Å². The maximum absolute atomic E-state index is 11.8. The Morgan fingerprint density at radius 3 is 2.83 bits per heavy atom. The number of hydrogen-bond donors (Lipinski definition) is 4. The number of carbonyl (C=O) groups is 1. The fraction of sp³-hybridized carbons (Fsp3) is 0.438. The lowest BCUT2D eigenvalue weighted by atomic mass is 10.1. The van der Waals surface area contributed by atoms with E-state index in [2.05, 4.69) is 20.1 Å². The number of aliphatic hydroxyl groups is 3. The lowest BCUT2D eigenvalue weighted by molar-refractivity contribution is -0.0511. The Hall–Kier alpha value is -3.13. The van der Waals surface area contributed by atoms with Crippen LogP contribution in [-0.4, -0.2) is 82.1 Å².